The minimum absolute atomic E-state index is 0.160. The number of benzene rings is 2. The van der Waals surface area contributed by atoms with Crippen LogP contribution in [0.2, 0.25) is 0 Å². The Morgan fingerprint density at radius 3 is 2.18 bits per heavy atom. The molecule has 0 saturated heterocycles. The number of fused-ring (bicyclic) bond motifs is 1. The van der Waals surface area contributed by atoms with Crippen LogP contribution in [0.1, 0.15) is 68.7 Å². The molecule has 0 radical (unpaired) electrons. The first-order valence-electron chi connectivity index (χ1n) is 9.93. The predicted octanol–water partition coefficient (Wildman–Crippen LogP) is 5.53. The lowest BCUT2D eigenvalue weighted by Crippen LogP contribution is -2.34. The van der Waals surface area contributed by atoms with Crippen LogP contribution in [0.3, 0.4) is 0 Å². The second kappa shape index (κ2) is 6.69. The zero-order valence-electron chi connectivity index (χ0n) is 17.2. The number of hydrogen-bond donors (Lipinski definition) is 1. The molecule has 2 aromatic carbocycles. The fourth-order valence-electron chi connectivity index (χ4n) is 4.39. The first-order valence-corrected chi connectivity index (χ1v) is 9.93. The molecule has 4 rings (SSSR count). The van der Waals surface area contributed by atoms with Crippen molar-refractivity contribution in [3.63, 3.8) is 0 Å². The van der Waals surface area contributed by atoms with Crippen LogP contribution in [0, 0.1) is 0 Å². The molecule has 4 nitrogen and oxygen atoms in total. The average Bonchev–Trinajstić information content (AvgIpc) is 3.22. The average molecular weight is 373 g/mol. The molecule has 1 aromatic heterocycles. The molecule has 1 unspecified atom stereocenters. The quantitative estimate of drug-likeness (QED) is 0.612. The summed E-state index contributed by atoms with van der Waals surface area (Å²) in [6.07, 6.45) is 4.48. The number of aromatic amines is 1. The second-order valence-electron chi connectivity index (χ2n) is 9.16. The van der Waals surface area contributed by atoms with Gasteiger partial charge in [-0.1, -0.05) is 76.2 Å². The van der Waals surface area contributed by atoms with E-state index in [-0.39, 0.29) is 16.7 Å². The first-order chi connectivity index (χ1) is 13.3. The Balaban J connectivity index is 1.72. The zero-order valence-corrected chi connectivity index (χ0v) is 17.2. The Bertz CT molecular complexity index is 982. The van der Waals surface area contributed by atoms with Crippen LogP contribution >= 0.6 is 0 Å². The molecular formula is C24H28N4. The third-order valence-corrected chi connectivity index (χ3v) is 6.36. The topological polar surface area (TPSA) is 54.5 Å². The normalized spacial score (nSPS) is 18.3. The van der Waals surface area contributed by atoms with Gasteiger partial charge in [0.2, 0.25) is 0 Å². The Morgan fingerprint density at radius 1 is 0.929 bits per heavy atom. The second-order valence-corrected chi connectivity index (χ2v) is 9.16. The highest BCUT2D eigenvalue weighted by Crippen LogP contribution is 2.46. The Hall–Kier alpha value is -2.75. The van der Waals surface area contributed by atoms with E-state index in [2.05, 4.69) is 97.4 Å². The van der Waals surface area contributed by atoms with Crippen molar-refractivity contribution in [2.24, 2.45) is 0 Å². The van der Waals surface area contributed by atoms with Crippen molar-refractivity contribution >= 4 is 0 Å². The highest BCUT2D eigenvalue weighted by atomic mass is 15.5. The smallest absolute Gasteiger partial charge is 0.179 e. The zero-order chi connectivity index (χ0) is 19.9. The molecule has 28 heavy (non-hydrogen) atoms. The highest BCUT2D eigenvalue weighted by Gasteiger charge is 2.37. The van der Waals surface area contributed by atoms with E-state index in [0.717, 1.165) is 5.56 Å². The van der Waals surface area contributed by atoms with Crippen molar-refractivity contribution in [1.29, 1.82) is 0 Å². The summed E-state index contributed by atoms with van der Waals surface area (Å²) in [4.78, 5) is 0. The summed E-state index contributed by atoms with van der Waals surface area (Å²) in [5.74, 6) is 0.840. The molecule has 4 heteroatoms. The van der Waals surface area contributed by atoms with E-state index in [1.165, 1.54) is 35.1 Å². The fraction of sp³-hybridized carbons (Fsp3) is 0.375. The van der Waals surface area contributed by atoms with Gasteiger partial charge in [-0.3, -0.25) is 0 Å². The van der Waals surface area contributed by atoms with E-state index in [4.69, 9.17) is 0 Å². The molecule has 0 fully saturated rings. The van der Waals surface area contributed by atoms with Gasteiger partial charge < -0.3 is 0 Å². The number of nitrogens with zero attached hydrogens (tertiary/aromatic N) is 3. The SMILES string of the molecule is C=CC(c1ccc(-c2nnn[nH]2)cc1)c1ccc2c(c1)C(C)(C)CCC2(C)C. The van der Waals surface area contributed by atoms with E-state index in [0.29, 0.717) is 5.82 Å². The molecule has 1 N–H and O–H groups in total. The van der Waals surface area contributed by atoms with Gasteiger partial charge in [-0.05, 0) is 56.4 Å². The number of tetrazole rings is 1. The third kappa shape index (κ3) is 3.17. The molecule has 0 saturated carbocycles. The van der Waals surface area contributed by atoms with Crippen molar-refractivity contribution in [3.05, 3.63) is 77.4 Å². The largest absolute Gasteiger partial charge is 0.239 e. The molecule has 0 spiro atoms. The van der Waals surface area contributed by atoms with E-state index in [1.807, 2.05) is 6.08 Å². The Kier molecular flexibility index (Phi) is 4.45. The van der Waals surface area contributed by atoms with E-state index in [9.17, 15) is 0 Å². The van der Waals surface area contributed by atoms with Crippen molar-refractivity contribution < 1.29 is 0 Å². The number of hydrogen-bond acceptors (Lipinski definition) is 3. The number of rotatable bonds is 4. The molecule has 3 aromatic rings. The van der Waals surface area contributed by atoms with Crippen molar-refractivity contribution in [3.8, 4) is 11.4 Å². The molecule has 0 bridgehead atoms. The van der Waals surface area contributed by atoms with E-state index >= 15 is 0 Å². The predicted molar refractivity (Wildman–Crippen MR) is 113 cm³/mol. The number of nitrogens with one attached hydrogen (secondary N) is 1. The van der Waals surface area contributed by atoms with Gasteiger partial charge in [0.05, 0.1) is 0 Å². The molecule has 0 amide bonds. The van der Waals surface area contributed by atoms with Gasteiger partial charge in [0.1, 0.15) is 0 Å². The molecular weight excluding hydrogens is 344 g/mol. The summed E-state index contributed by atoms with van der Waals surface area (Å²) in [6.45, 7) is 13.6. The van der Waals surface area contributed by atoms with Crippen LogP contribution < -0.4 is 0 Å². The van der Waals surface area contributed by atoms with Crippen LogP contribution in [0.15, 0.2) is 55.1 Å². The van der Waals surface area contributed by atoms with E-state index < -0.39 is 0 Å². The molecule has 1 aliphatic carbocycles. The van der Waals surface area contributed by atoms with Crippen LogP contribution in [0.25, 0.3) is 11.4 Å². The molecule has 0 aliphatic heterocycles. The summed E-state index contributed by atoms with van der Waals surface area (Å²) in [5, 5.41) is 14.1. The number of aromatic nitrogens is 4. The lowest BCUT2D eigenvalue weighted by Gasteiger charge is -2.42. The Morgan fingerprint density at radius 2 is 1.57 bits per heavy atom. The molecule has 1 atom stereocenters. The van der Waals surface area contributed by atoms with Gasteiger partial charge in [-0.2, -0.15) is 0 Å². The van der Waals surface area contributed by atoms with Crippen LogP contribution in [-0.2, 0) is 10.8 Å². The molecule has 144 valence electrons. The fourth-order valence-corrected chi connectivity index (χ4v) is 4.39. The lowest BCUT2D eigenvalue weighted by atomic mass is 9.62. The summed E-state index contributed by atoms with van der Waals surface area (Å²) in [5.41, 5.74) is 6.91. The number of H-pyrrole nitrogens is 1. The third-order valence-electron chi connectivity index (χ3n) is 6.36. The summed E-state index contributed by atoms with van der Waals surface area (Å²) >= 11 is 0. The van der Waals surface area contributed by atoms with Crippen LogP contribution in [-0.4, -0.2) is 20.6 Å². The summed E-state index contributed by atoms with van der Waals surface area (Å²) in [6, 6.07) is 15.4. The van der Waals surface area contributed by atoms with Crippen molar-refractivity contribution in [2.75, 3.05) is 0 Å². The maximum absolute atomic E-state index is 4.12. The minimum atomic E-state index is 0.160. The van der Waals surface area contributed by atoms with Gasteiger partial charge in [0.25, 0.3) is 0 Å². The number of allylic oxidation sites excluding steroid dienone is 1. The van der Waals surface area contributed by atoms with Crippen LogP contribution in [0.4, 0.5) is 0 Å². The summed E-state index contributed by atoms with van der Waals surface area (Å²) < 4.78 is 0. The van der Waals surface area contributed by atoms with Gasteiger partial charge in [-0.15, -0.1) is 11.7 Å². The van der Waals surface area contributed by atoms with Gasteiger partial charge in [0.15, 0.2) is 5.82 Å². The molecule has 1 aliphatic rings. The van der Waals surface area contributed by atoms with Gasteiger partial charge in [-0.25, -0.2) is 5.10 Å². The Labute approximate surface area is 167 Å². The van der Waals surface area contributed by atoms with Gasteiger partial charge >= 0.3 is 0 Å². The van der Waals surface area contributed by atoms with Crippen molar-refractivity contribution in [1.82, 2.24) is 20.6 Å². The first kappa shape index (κ1) is 18.6. The maximum atomic E-state index is 4.12. The van der Waals surface area contributed by atoms with E-state index in [1.54, 1.807) is 0 Å². The molecule has 1 heterocycles. The maximum Gasteiger partial charge on any atom is 0.179 e. The van der Waals surface area contributed by atoms with Crippen LogP contribution in [0.5, 0.6) is 0 Å². The van der Waals surface area contributed by atoms with Gasteiger partial charge in [0, 0.05) is 11.5 Å². The van der Waals surface area contributed by atoms with Crippen molar-refractivity contribution in [2.45, 2.75) is 57.3 Å². The highest BCUT2D eigenvalue weighted by molar-refractivity contribution is 5.55. The monoisotopic (exact) mass is 372 g/mol. The standard InChI is InChI=1S/C24H28N4/c1-6-19(16-7-9-17(10-8-16)22-25-27-28-26-22)18-11-12-20-21(15-18)24(4,5)14-13-23(20,2)3/h6-12,15,19H,1,13-14H2,2-5H3,(H,25,26,27,28). The lowest BCUT2D eigenvalue weighted by molar-refractivity contribution is 0.331. The summed E-state index contributed by atoms with van der Waals surface area (Å²) in [7, 11) is 0. The minimum Gasteiger partial charge on any atom is -0.239 e.